The maximum absolute atomic E-state index is 12.5. The summed E-state index contributed by atoms with van der Waals surface area (Å²) in [6.45, 7) is 2.68. The number of nitrogens with zero attached hydrogens (tertiary/aromatic N) is 2. The predicted molar refractivity (Wildman–Crippen MR) is 111 cm³/mol. The monoisotopic (exact) mass is 429 g/mol. The number of halogens is 1. The van der Waals surface area contributed by atoms with Crippen molar-refractivity contribution in [2.24, 2.45) is 0 Å². The van der Waals surface area contributed by atoms with Crippen molar-refractivity contribution < 1.29 is 4.79 Å². The smallest absolute Gasteiger partial charge is 0.251 e. The van der Waals surface area contributed by atoms with Crippen molar-refractivity contribution in [2.45, 2.75) is 25.8 Å². The summed E-state index contributed by atoms with van der Waals surface area (Å²) in [5, 5.41) is 4.07. The Morgan fingerprint density at radius 3 is 2.81 bits per heavy atom. The van der Waals surface area contributed by atoms with Crippen LogP contribution >= 0.6 is 27.3 Å². The molecule has 6 heteroatoms. The molecule has 2 heterocycles. The van der Waals surface area contributed by atoms with Gasteiger partial charge in [0.15, 0.2) is 5.13 Å². The van der Waals surface area contributed by atoms with Gasteiger partial charge < -0.3 is 10.2 Å². The molecule has 1 fully saturated rings. The summed E-state index contributed by atoms with van der Waals surface area (Å²) < 4.78 is 2.08. The molecule has 0 unspecified atom stereocenters. The fourth-order valence-electron chi connectivity index (χ4n) is 3.21. The first kappa shape index (κ1) is 17.5. The van der Waals surface area contributed by atoms with E-state index in [0.717, 1.165) is 38.5 Å². The first-order valence-electron chi connectivity index (χ1n) is 8.87. The number of amides is 1. The molecule has 1 amide bonds. The van der Waals surface area contributed by atoms with E-state index in [-0.39, 0.29) is 5.91 Å². The third kappa shape index (κ3) is 3.91. The first-order valence-corrected chi connectivity index (χ1v) is 10.5. The number of piperidine rings is 1. The van der Waals surface area contributed by atoms with E-state index in [2.05, 4.69) is 26.1 Å². The molecule has 1 aromatic heterocycles. The average molecular weight is 430 g/mol. The molecular formula is C20H20BrN3OS. The molecule has 2 aromatic carbocycles. The number of carbonyl (C=O) groups excluding carboxylic acids is 1. The Kier molecular flexibility index (Phi) is 5.22. The highest BCUT2D eigenvalue weighted by Gasteiger charge is 2.16. The number of rotatable bonds is 4. The van der Waals surface area contributed by atoms with Crippen LogP contribution in [0.25, 0.3) is 10.2 Å². The molecule has 0 radical (unpaired) electrons. The number of nitrogens with one attached hydrogen (secondary N) is 1. The van der Waals surface area contributed by atoms with E-state index in [0.29, 0.717) is 12.1 Å². The van der Waals surface area contributed by atoms with Crippen molar-refractivity contribution in [1.29, 1.82) is 0 Å². The molecule has 1 N–H and O–H groups in total. The molecule has 1 aliphatic heterocycles. The van der Waals surface area contributed by atoms with Gasteiger partial charge in [-0.1, -0.05) is 39.4 Å². The average Bonchev–Trinajstić information content (AvgIpc) is 3.10. The van der Waals surface area contributed by atoms with Gasteiger partial charge >= 0.3 is 0 Å². The molecular weight excluding hydrogens is 410 g/mol. The van der Waals surface area contributed by atoms with Gasteiger partial charge in [0.1, 0.15) is 0 Å². The van der Waals surface area contributed by atoms with Crippen molar-refractivity contribution in [3.63, 3.8) is 0 Å². The van der Waals surface area contributed by atoms with Gasteiger partial charge in [0.2, 0.25) is 0 Å². The summed E-state index contributed by atoms with van der Waals surface area (Å²) >= 11 is 5.13. The van der Waals surface area contributed by atoms with Crippen LogP contribution in [-0.4, -0.2) is 24.0 Å². The maximum atomic E-state index is 12.5. The second kappa shape index (κ2) is 7.76. The second-order valence-corrected chi connectivity index (χ2v) is 8.46. The molecule has 0 atom stereocenters. The van der Waals surface area contributed by atoms with Crippen molar-refractivity contribution in [2.75, 3.05) is 18.0 Å². The highest BCUT2D eigenvalue weighted by Crippen LogP contribution is 2.31. The van der Waals surface area contributed by atoms with E-state index in [1.807, 2.05) is 42.5 Å². The minimum absolute atomic E-state index is 0.0557. The first-order chi connectivity index (χ1) is 12.7. The van der Waals surface area contributed by atoms with Crippen LogP contribution in [0.1, 0.15) is 35.2 Å². The van der Waals surface area contributed by atoms with Gasteiger partial charge in [0, 0.05) is 29.7 Å². The van der Waals surface area contributed by atoms with Gasteiger partial charge in [-0.15, -0.1) is 0 Å². The van der Waals surface area contributed by atoms with E-state index in [1.54, 1.807) is 11.3 Å². The highest BCUT2D eigenvalue weighted by atomic mass is 79.9. The Morgan fingerprint density at radius 1 is 1.15 bits per heavy atom. The Balaban J connectivity index is 1.48. The Labute approximate surface area is 165 Å². The maximum Gasteiger partial charge on any atom is 0.251 e. The van der Waals surface area contributed by atoms with Gasteiger partial charge in [-0.2, -0.15) is 0 Å². The number of aromatic nitrogens is 1. The molecule has 0 spiro atoms. The molecule has 1 saturated heterocycles. The number of benzene rings is 2. The van der Waals surface area contributed by atoms with Crippen LogP contribution in [-0.2, 0) is 6.54 Å². The normalized spacial score (nSPS) is 14.6. The van der Waals surface area contributed by atoms with Gasteiger partial charge in [-0.3, -0.25) is 4.79 Å². The van der Waals surface area contributed by atoms with Crippen molar-refractivity contribution in [3.8, 4) is 0 Å². The van der Waals surface area contributed by atoms with Gasteiger partial charge in [0.25, 0.3) is 5.91 Å². The predicted octanol–water partition coefficient (Wildman–Crippen LogP) is 4.98. The van der Waals surface area contributed by atoms with Crippen LogP contribution in [0.15, 0.2) is 46.9 Å². The number of thiazole rings is 1. The molecule has 0 aliphatic carbocycles. The number of anilines is 1. The molecule has 4 nitrogen and oxygen atoms in total. The van der Waals surface area contributed by atoms with E-state index in [4.69, 9.17) is 4.98 Å². The van der Waals surface area contributed by atoms with Gasteiger partial charge in [-0.05, 0) is 55.2 Å². The molecule has 1 aliphatic rings. The Morgan fingerprint density at radius 2 is 2.00 bits per heavy atom. The molecule has 4 rings (SSSR count). The van der Waals surface area contributed by atoms with Crippen LogP contribution in [0, 0.1) is 0 Å². The molecule has 3 aromatic rings. The number of hydrogen-bond acceptors (Lipinski definition) is 4. The third-order valence-electron chi connectivity index (χ3n) is 4.61. The zero-order valence-corrected chi connectivity index (χ0v) is 16.8. The zero-order chi connectivity index (χ0) is 17.9. The van der Waals surface area contributed by atoms with Gasteiger partial charge in [-0.25, -0.2) is 4.98 Å². The zero-order valence-electron chi connectivity index (χ0n) is 14.4. The third-order valence-corrected chi connectivity index (χ3v) is 6.18. The van der Waals surface area contributed by atoms with Crippen LogP contribution < -0.4 is 10.2 Å². The molecule has 26 heavy (non-hydrogen) atoms. The second-order valence-electron chi connectivity index (χ2n) is 6.54. The summed E-state index contributed by atoms with van der Waals surface area (Å²) in [5.41, 5.74) is 2.72. The number of carbonyl (C=O) groups is 1. The van der Waals surface area contributed by atoms with Crippen LogP contribution in [0.4, 0.5) is 5.13 Å². The minimum Gasteiger partial charge on any atom is -0.348 e. The quantitative estimate of drug-likeness (QED) is 0.635. The number of fused-ring (bicyclic) bond motifs is 1. The Hall–Kier alpha value is -1.92. The SMILES string of the molecule is O=C(NCc1cccc(Br)c1)c1ccc2nc(N3CCCCC3)sc2c1. The lowest BCUT2D eigenvalue weighted by atomic mass is 10.1. The van der Waals surface area contributed by atoms with Crippen LogP contribution in [0.2, 0.25) is 0 Å². The fourth-order valence-corrected chi connectivity index (χ4v) is 4.71. The standard InChI is InChI=1S/C20H20BrN3OS/c21-16-6-4-5-14(11-16)13-22-19(25)15-7-8-17-18(12-15)26-20(23-17)24-9-2-1-3-10-24/h4-8,11-12H,1-3,9-10,13H2,(H,22,25). The van der Waals surface area contributed by atoms with Gasteiger partial charge in [0.05, 0.1) is 10.2 Å². The topological polar surface area (TPSA) is 45.2 Å². The molecule has 0 saturated carbocycles. The fraction of sp³-hybridized carbons (Fsp3) is 0.300. The summed E-state index contributed by atoms with van der Waals surface area (Å²) in [6, 6.07) is 13.7. The van der Waals surface area contributed by atoms with E-state index < -0.39 is 0 Å². The van der Waals surface area contributed by atoms with Crippen molar-refractivity contribution in [3.05, 3.63) is 58.1 Å². The van der Waals surface area contributed by atoms with Crippen molar-refractivity contribution in [1.82, 2.24) is 10.3 Å². The highest BCUT2D eigenvalue weighted by molar-refractivity contribution is 9.10. The lowest BCUT2D eigenvalue weighted by molar-refractivity contribution is 0.0951. The summed E-state index contributed by atoms with van der Waals surface area (Å²) in [7, 11) is 0. The van der Waals surface area contributed by atoms with E-state index in [9.17, 15) is 4.79 Å². The largest absolute Gasteiger partial charge is 0.348 e. The van der Waals surface area contributed by atoms with E-state index in [1.165, 1.54) is 19.3 Å². The summed E-state index contributed by atoms with van der Waals surface area (Å²) in [5.74, 6) is -0.0557. The summed E-state index contributed by atoms with van der Waals surface area (Å²) in [4.78, 5) is 19.6. The lowest BCUT2D eigenvalue weighted by Crippen LogP contribution is -2.29. The van der Waals surface area contributed by atoms with E-state index >= 15 is 0 Å². The Bertz CT molecular complexity index is 934. The van der Waals surface area contributed by atoms with Crippen LogP contribution in [0.5, 0.6) is 0 Å². The van der Waals surface area contributed by atoms with Crippen LogP contribution in [0.3, 0.4) is 0 Å². The molecule has 0 bridgehead atoms. The van der Waals surface area contributed by atoms with Crippen molar-refractivity contribution >= 4 is 48.5 Å². The minimum atomic E-state index is -0.0557. The molecule has 134 valence electrons. The lowest BCUT2D eigenvalue weighted by Gasteiger charge is -2.25. The summed E-state index contributed by atoms with van der Waals surface area (Å²) in [6.07, 6.45) is 3.78. The number of hydrogen-bond donors (Lipinski definition) is 1.